The average Bonchev–Trinajstić information content (AvgIpc) is 3.99. The zero-order chi connectivity index (χ0) is 39.3. The van der Waals surface area contributed by atoms with Gasteiger partial charge in [-0.05, 0) is 59.9 Å². The number of thiazole rings is 2. The molecule has 18 heteroatoms. The Morgan fingerprint density at radius 3 is 2.24 bits per heavy atom. The van der Waals surface area contributed by atoms with Crippen molar-refractivity contribution in [2.45, 2.75) is 72.6 Å². The number of benzene rings is 1. The van der Waals surface area contributed by atoms with Crippen LogP contribution in [0.25, 0.3) is 45.5 Å². The minimum atomic E-state index is -0.698. The number of aromatic nitrogens is 5. The highest BCUT2D eigenvalue weighted by Gasteiger charge is 2.27. The third-order valence-corrected chi connectivity index (χ3v) is 9.57. The monoisotopic (exact) mass is 789 g/mol. The van der Waals surface area contributed by atoms with Gasteiger partial charge in [-0.2, -0.15) is 0 Å². The van der Waals surface area contributed by atoms with Crippen LogP contribution in [0.15, 0.2) is 54.3 Å². The molecule has 1 atom stereocenters. The normalized spacial score (nSPS) is 12.0. The summed E-state index contributed by atoms with van der Waals surface area (Å²) in [6, 6.07) is 8.90. The van der Waals surface area contributed by atoms with Gasteiger partial charge in [-0.15, -0.1) is 22.7 Å². The molecule has 6 rings (SSSR count). The van der Waals surface area contributed by atoms with Gasteiger partial charge in [0.15, 0.2) is 16.4 Å². The molecule has 0 radical (unpaired) electrons. The molecule has 0 aliphatic heterocycles. The smallest absolute Gasteiger partial charge is 0.408 e. The van der Waals surface area contributed by atoms with Crippen LogP contribution in [0.1, 0.15) is 78.0 Å². The lowest BCUT2D eigenvalue weighted by molar-refractivity contribution is 0.0499. The van der Waals surface area contributed by atoms with Crippen LogP contribution in [-0.4, -0.2) is 62.3 Å². The number of esters is 1. The van der Waals surface area contributed by atoms with Gasteiger partial charge in [-0.25, -0.2) is 39.3 Å². The highest BCUT2D eigenvalue weighted by Crippen LogP contribution is 2.36. The van der Waals surface area contributed by atoms with Crippen LogP contribution in [0.5, 0.6) is 0 Å². The van der Waals surface area contributed by atoms with Crippen molar-refractivity contribution < 1.29 is 41.8 Å². The Hall–Kier alpha value is -5.88. The zero-order valence-corrected chi connectivity index (χ0v) is 32.8. The summed E-state index contributed by atoms with van der Waals surface area (Å²) >= 11 is 2.65. The van der Waals surface area contributed by atoms with Crippen LogP contribution in [0.2, 0.25) is 0 Å². The zero-order valence-electron chi connectivity index (χ0n) is 31.2. The summed E-state index contributed by atoms with van der Waals surface area (Å²) in [5.41, 5.74) is 2.09. The first kappa shape index (κ1) is 38.8. The van der Waals surface area contributed by atoms with Gasteiger partial charge in [0.2, 0.25) is 11.8 Å². The standard InChI is InChI=1S/C37H39N7O9S2/c1-19-26(42-31(52-19)33-40-25(18-55-33)29-43-27(20(2)50-29)30-44-28(21(3)51-30)34(45)48-7)24-17-54-32(39-24)23(41-36(47)53-37(4,5)6)14-11-15-38-35(46)49-16-22-12-9-8-10-13-22/h8-10,12-13,17-18,23H,11,14-16H2,1-7H3,(H,38,46)(H,41,47)/t23-/m0/s1. The molecule has 6 aromatic rings. The molecule has 5 heterocycles. The molecular weight excluding hydrogens is 751 g/mol. The Labute approximate surface area is 323 Å². The van der Waals surface area contributed by atoms with Crippen molar-refractivity contribution in [3.05, 3.63) is 74.6 Å². The largest absolute Gasteiger partial charge is 0.464 e. The lowest BCUT2D eigenvalue weighted by Gasteiger charge is -2.23. The van der Waals surface area contributed by atoms with E-state index in [1.54, 1.807) is 46.9 Å². The number of hydrogen-bond donors (Lipinski definition) is 2. The predicted molar refractivity (Wildman–Crippen MR) is 201 cm³/mol. The van der Waals surface area contributed by atoms with Gasteiger partial charge in [0.05, 0.1) is 13.2 Å². The second-order valence-corrected chi connectivity index (χ2v) is 14.9. The van der Waals surface area contributed by atoms with Gasteiger partial charge in [0, 0.05) is 17.3 Å². The molecule has 55 heavy (non-hydrogen) atoms. The Morgan fingerprint density at radius 1 is 0.800 bits per heavy atom. The number of amides is 2. The number of ether oxygens (including phenoxy) is 3. The molecule has 0 unspecified atom stereocenters. The van der Waals surface area contributed by atoms with E-state index in [0.29, 0.717) is 69.5 Å². The van der Waals surface area contributed by atoms with E-state index in [1.807, 2.05) is 35.7 Å². The van der Waals surface area contributed by atoms with Crippen LogP contribution in [0.3, 0.4) is 0 Å². The first-order valence-corrected chi connectivity index (χ1v) is 18.9. The molecule has 0 aliphatic carbocycles. The van der Waals surface area contributed by atoms with Crippen molar-refractivity contribution in [3.8, 4) is 45.5 Å². The minimum Gasteiger partial charge on any atom is -0.464 e. The van der Waals surface area contributed by atoms with E-state index >= 15 is 0 Å². The number of oxazole rings is 3. The Balaban J connectivity index is 1.14. The molecule has 2 N–H and O–H groups in total. The second-order valence-electron chi connectivity index (χ2n) is 13.2. The van der Waals surface area contributed by atoms with Crippen molar-refractivity contribution in [3.63, 3.8) is 0 Å². The molecular formula is C37H39N7O9S2. The minimum absolute atomic E-state index is 0.0563. The SMILES string of the molecule is COC(=O)c1nc(-c2nc(-c3csc(-c4nc(-c5csc([C@H](CCCNC(=O)OCc6ccccc6)NC(=O)OC(C)(C)C)n5)c(C)o4)n3)oc2C)oc1C. The molecule has 16 nitrogen and oxygen atoms in total. The fourth-order valence-electron chi connectivity index (χ4n) is 5.22. The first-order chi connectivity index (χ1) is 26.3. The third kappa shape index (κ3) is 9.63. The van der Waals surface area contributed by atoms with Gasteiger partial charge in [0.1, 0.15) is 51.6 Å². The van der Waals surface area contributed by atoms with Crippen LogP contribution in [0.4, 0.5) is 9.59 Å². The van der Waals surface area contributed by atoms with Crippen molar-refractivity contribution >= 4 is 40.8 Å². The number of rotatable bonds is 13. The molecule has 5 aromatic heterocycles. The molecule has 2 amide bonds. The highest BCUT2D eigenvalue weighted by molar-refractivity contribution is 7.13. The Bertz CT molecular complexity index is 2280. The van der Waals surface area contributed by atoms with E-state index in [4.69, 9.17) is 37.4 Å². The van der Waals surface area contributed by atoms with E-state index in [0.717, 1.165) is 5.56 Å². The number of hydrogen-bond acceptors (Lipinski definition) is 16. The number of carbonyl (C=O) groups is 3. The molecule has 0 fully saturated rings. The number of nitrogens with zero attached hydrogens (tertiary/aromatic N) is 5. The maximum Gasteiger partial charge on any atom is 0.408 e. The summed E-state index contributed by atoms with van der Waals surface area (Å²) < 4.78 is 33.2. The fourth-order valence-corrected chi connectivity index (χ4v) is 6.82. The molecule has 0 aliphatic rings. The van der Waals surface area contributed by atoms with Crippen molar-refractivity contribution in [2.75, 3.05) is 13.7 Å². The first-order valence-electron chi connectivity index (χ1n) is 17.1. The van der Waals surface area contributed by atoms with Gasteiger partial charge < -0.3 is 38.1 Å². The predicted octanol–water partition coefficient (Wildman–Crippen LogP) is 8.22. The van der Waals surface area contributed by atoms with Crippen LogP contribution in [-0.2, 0) is 20.8 Å². The summed E-state index contributed by atoms with van der Waals surface area (Å²) in [6.45, 7) is 10.9. The summed E-state index contributed by atoms with van der Waals surface area (Å²) in [4.78, 5) is 60.1. The maximum atomic E-state index is 12.8. The number of methoxy groups -OCH3 is 1. The molecule has 288 valence electrons. The number of carbonyl (C=O) groups excluding carboxylic acids is 3. The topological polar surface area (TPSA) is 207 Å². The quantitative estimate of drug-likeness (QED) is 0.0642. The van der Waals surface area contributed by atoms with E-state index in [2.05, 4.69) is 25.6 Å². The number of nitrogens with one attached hydrogen (secondary N) is 2. The second kappa shape index (κ2) is 16.6. The number of aryl methyl sites for hydroxylation is 3. The van der Waals surface area contributed by atoms with Gasteiger partial charge in [-0.1, -0.05) is 30.3 Å². The van der Waals surface area contributed by atoms with Crippen LogP contribution >= 0.6 is 22.7 Å². The summed E-state index contributed by atoms with van der Waals surface area (Å²) in [6.07, 6.45) is -0.134. The fraction of sp³-hybridized carbons (Fsp3) is 0.351. The summed E-state index contributed by atoms with van der Waals surface area (Å²) in [5, 5.41) is 10.4. The van der Waals surface area contributed by atoms with Gasteiger partial charge in [-0.3, -0.25) is 0 Å². The summed E-state index contributed by atoms with van der Waals surface area (Å²) in [7, 11) is 1.27. The van der Waals surface area contributed by atoms with Gasteiger partial charge >= 0.3 is 18.2 Å². The highest BCUT2D eigenvalue weighted by atomic mass is 32.1. The molecule has 0 bridgehead atoms. The van der Waals surface area contributed by atoms with Crippen LogP contribution in [0, 0.1) is 20.8 Å². The van der Waals surface area contributed by atoms with E-state index in [9.17, 15) is 14.4 Å². The number of alkyl carbamates (subject to hydrolysis) is 2. The molecule has 1 aromatic carbocycles. The van der Waals surface area contributed by atoms with Crippen LogP contribution < -0.4 is 10.6 Å². The Kier molecular flexibility index (Phi) is 11.8. The van der Waals surface area contributed by atoms with Crippen molar-refractivity contribution in [1.29, 1.82) is 0 Å². The lowest BCUT2D eigenvalue weighted by Crippen LogP contribution is -2.35. The van der Waals surface area contributed by atoms with E-state index < -0.39 is 29.8 Å². The van der Waals surface area contributed by atoms with E-state index in [-0.39, 0.29) is 30.0 Å². The maximum absolute atomic E-state index is 12.8. The third-order valence-electron chi connectivity index (χ3n) is 7.78. The lowest BCUT2D eigenvalue weighted by atomic mass is 10.1. The molecule has 0 saturated carbocycles. The average molecular weight is 790 g/mol. The molecule has 0 spiro atoms. The van der Waals surface area contributed by atoms with Gasteiger partial charge in [0.25, 0.3) is 5.89 Å². The summed E-state index contributed by atoms with van der Waals surface area (Å²) in [5.74, 6) is 1.25. The Morgan fingerprint density at radius 2 is 1.49 bits per heavy atom. The molecule has 0 saturated heterocycles. The van der Waals surface area contributed by atoms with E-state index in [1.165, 1.54) is 29.8 Å². The van der Waals surface area contributed by atoms with Crippen molar-refractivity contribution in [2.24, 2.45) is 0 Å². The van der Waals surface area contributed by atoms with Crippen molar-refractivity contribution in [1.82, 2.24) is 35.6 Å².